The Morgan fingerprint density at radius 3 is 2.37 bits per heavy atom. The van der Waals surface area contributed by atoms with Gasteiger partial charge < -0.3 is 9.80 Å². The van der Waals surface area contributed by atoms with Crippen molar-refractivity contribution in [3.05, 3.63) is 48.3 Å². The van der Waals surface area contributed by atoms with Gasteiger partial charge in [0, 0.05) is 51.4 Å². The highest BCUT2D eigenvalue weighted by atomic mass is 16.2. The van der Waals surface area contributed by atoms with Gasteiger partial charge in [0.15, 0.2) is 0 Å². The minimum absolute atomic E-state index is 0.0719. The Hall–Kier alpha value is -2.67. The molecule has 2 aromatic rings. The van der Waals surface area contributed by atoms with Crippen LogP contribution in [-0.2, 0) is 16.1 Å². The van der Waals surface area contributed by atoms with Crippen LogP contribution in [0.3, 0.4) is 0 Å². The zero-order chi connectivity index (χ0) is 19.4. The molecule has 1 fully saturated rings. The van der Waals surface area contributed by atoms with Crippen molar-refractivity contribution in [3.8, 4) is 5.69 Å². The van der Waals surface area contributed by atoms with Crippen molar-refractivity contribution in [2.24, 2.45) is 0 Å². The Kier molecular flexibility index (Phi) is 5.91. The summed E-state index contributed by atoms with van der Waals surface area (Å²) >= 11 is 0. The third-order valence-corrected chi connectivity index (χ3v) is 5.14. The van der Waals surface area contributed by atoms with E-state index in [0.717, 1.165) is 11.3 Å². The highest BCUT2D eigenvalue weighted by Gasteiger charge is 2.27. The Morgan fingerprint density at radius 2 is 1.74 bits per heavy atom. The molecule has 2 amide bonds. The fourth-order valence-electron chi connectivity index (χ4n) is 3.28. The summed E-state index contributed by atoms with van der Waals surface area (Å²) < 4.78 is 1.84. The van der Waals surface area contributed by atoms with Crippen LogP contribution in [0.1, 0.15) is 19.4 Å². The normalized spacial score (nSPS) is 15.9. The molecule has 3 rings (SSSR count). The molecule has 0 saturated carbocycles. The summed E-state index contributed by atoms with van der Waals surface area (Å²) in [6.07, 6.45) is 3.83. The lowest BCUT2D eigenvalue weighted by molar-refractivity contribution is -0.141. The fraction of sp³-hybridized carbons (Fsp3) is 0.450. The van der Waals surface area contributed by atoms with Crippen molar-refractivity contribution in [2.45, 2.75) is 26.4 Å². The second kappa shape index (κ2) is 8.35. The van der Waals surface area contributed by atoms with Crippen molar-refractivity contribution in [1.29, 1.82) is 0 Å². The highest BCUT2D eigenvalue weighted by Crippen LogP contribution is 2.12. The van der Waals surface area contributed by atoms with E-state index in [9.17, 15) is 9.59 Å². The monoisotopic (exact) mass is 369 g/mol. The molecule has 1 unspecified atom stereocenters. The molecule has 1 aromatic heterocycles. The molecule has 1 aliphatic heterocycles. The van der Waals surface area contributed by atoms with Crippen LogP contribution in [0, 0.1) is 0 Å². The van der Waals surface area contributed by atoms with E-state index in [1.807, 2.05) is 71.2 Å². The number of nitrogens with zero attached hydrogens (tertiary/aromatic N) is 5. The summed E-state index contributed by atoms with van der Waals surface area (Å²) in [5.41, 5.74) is 2.07. The molecule has 27 heavy (non-hydrogen) atoms. The molecule has 0 N–H and O–H groups in total. The first-order valence-corrected chi connectivity index (χ1v) is 9.29. The first-order valence-electron chi connectivity index (χ1n) is 9.29. The van der Waals surface area contributed by atoms with Crippen LogP contribution >= 0.6 is 0 Å². The minimum Gasteiger partial charge on any atom is -0.339 e. The molecule has 1 aliphatic rings. The number of rotatable bonds is 5. The summed E-state index contributed by atoms with van der Waals surface area (Å²) in [6.45, 7) is 6.58. The second-order valence-corrected chi connectivity index (χ2v) is 7.05. The minimum atomic E-state index is -0.228. The standard InChI is InChI=1S/C20H27N5O2/c1-16(20(27)24-11-9-23(10-12-24)17(2)26)22(3)14-18-13-21-25(15-18)19-7-5-4-6-8-19/h4-8,13,15-16H,9-12,14H2,1-3H3. The van der Waals surface area contributed by atoms with Crippen molar-refractivity contribution >= 4 is 11.8 Å². The SMILES string of the molecule is CC(=O)N1CCN(C(=O)C(C)N(C)Cc2cnn(-c3ccccc3)c2)CC1. The molecule has 0 bridgehead atoms. The number of benzene rings is 1. The lowest BCUT2D eigenvalue weighted by Crippen LogP contribution is -2.54. The van der Waals surface area contributed by atoms with Gasteiger partial charge in [-0.1, -0.05) is 18.2 Å². The maximum absolute atomic E-state index is 12.8. The van der Waals surface area contributed by atoms with E-state index in [1.54, 1.807) is 11.8 Å². The van der Waals surface area contributed by atoms with E-state index in [-0.39, 0.29) is 17.9 Å². The number of carbonyl (C=O) groups excluding carboxylic acids is 2. The first-order chi connectivity index (χ1) is 13.0. The average molecular weight is 369 g/mol. The van der Waals surface area contributed by atoms with Gasteiger partial charge in [-0.2, -0.15) is 5.10 Å². The smallest absolute Gasteiger partial charge is 0.239 e. The van der Waals surface area contributed by atoms with Gasteiger partial charge in [0.1, 0.15) is 0 Å². The predicted octanol–water partition coefficient (Wildman–Crippen LogP) is 1.38. The van der Waals surface area contributed by atoms with Gasteiger partial charge in [-0.25, -0.2) is 4.68 Å². The summed E-state index contributed by atoms with van der Waals surface area (Å²) in [7, 11) is 1.95. The number of hydrogen-bond donors (Lipinski definition) is 0. The van der Waals surface area contributed by atoms with E-state index in [1.165, 1.54) is 0 Å². The van der Waals surface area contributed by atoms with Crippen LogP contribution < -0.4 is 0 Å². The molecule has 0 spiro atoms. The van der Waals surface area contributed by atoms with E-state index < -0.39 is 0 Å². The molecule has 1 saturated heterocycles. The van der Waals surface area contributed by atoms with Crippen LogP contribution in [0.25, 0.3) is 5.69 Å². The molecular weight excluding hydrogens is 342 g/mol. The third kappa shape index (κ3) is 4.54. The molecular formula is C20H27N5O2. The lowest BCUT2D eigenvalue weighted by Gasteiger charge is -2.37. The largest absolute Gasteiger partial charge is 0.339 e. The highest BCUT2D eigenvalue weighted by molar-refractivity contribution is 5.82. The Morgan fingerprint density at radius 1 is 1.11 bits per heavy atom. The molecule has 2 heterocycles. The number of likely N-dealkylation sites (N-methyl/N-ethyl adjacent to an activating group) is 1. The van der Waals surface area contributed by atoms with Gasteiger partial charge in [-0.05, 0) is 26.1 Å². The summed E-state index contributed by atoms with van der Waals surface area (Å²) in [5, 5.41) is 4.42. The first kappa shape index (κ1) is 19.1. The molecule has 7 nitrogen and oxygen atoms in total. The lowest BCUT2D eigenvalue weighted by atomic mass is 10.2. The molecule has 7 heteroatoms. The summed E-state index contributed by atoms with van der Waals surface area (Å²) in [4.78, 5) is 29.9. The molecule has 144 valence electrons. The van der Waals surface area contributed by atoms with Gasteiger partial charge in [0.05, 0.1) is 17.9 Å². The third-order valence-electron chi connectivity index (χ3n) is 5.14. The van der Waals surface area contributed by atoms with Gasteiger partial charge in [-0.15, -0.1) is 0 Å². The van der Waals surface area contributed by atoms with E-state index in [4.69, 9.17) is 0 Å². The van der Waals surface area contributed by atoms with Crippen LogP contribution in [-0.4, -0.2) is 75.6 Å². The molecule has 0 radical (unpaired) electrons. The van der Waals surface area contributed by atoms with E-state index >= 15 is 0 Å². The fourth-order valence-corrected chi connectivity index (χ4v) is 3.28. The number of para-hydroxylation sites is 1. The number of amides is 2. The van der Waals surface area contributed by atoms with Crippen LogP contribution in [0.15, 0.2) is 42.7 Å². The molecule has 1 aromatic carbocycles. The Balaban J connectivity index is 1.56. The van der Waals surface area contributed by atoms with Gasteiger partial charge >= 0.3 is 0 Å². The maximum atomic E-state index is 12.8. The summed E-state index contributed by atoms with van der Waals surface area (Å²) in [5.74, 6) is 0.179. The second-order valence-electron chi connectivity index (χ2n) is 7.05. The maximum Gasteiger partial charge on any atom is 0.239 e. The van der Waals surface area contributed by atoms with Gasteiger partial charge in [-0.3, -0.25) is 14.5 Å². The quantitative estimate of drug-likeness (QED) is 0.799. The van der Waals surface area contributed by atoms with Crippen molar-refractivity contribution in [1.82, 2.24) is 24.5 Å². The zero-order valence-corrected chi connectivity index (χ0v) is 16.2. The molecule has 0 aliphatic carbocycles. The average Bonchev–Trinajstić information content (AvgIpc) is 3.16. The summed E-state index contributed by atoms with van der Waals surface area (Å²) in [6, 6.07) is 9.73. The van der Waals surface area contributed by atoms with Crippen molar-refractivity contribution < 1.29 is 9.59 Å². The number of aromatic nitrogens is 2. The Labute approximate surface area is 160 Å². The van der Waals surface area contributed by atoms with E-state index in [0.29, 0.717) is 32.7 Å². The van der Waals surface area contributed by atoms with Gasteiger partial charge in [0.25, 0.3) is 0 Å². The zero-order valence-electron chi connectivity index (χ0n) is 16.2. The van der Waals surface area contributed by atoms with Crippen molar-refractivity contribution in [3.63, 3.8) is 0 Å². The molecule has 1 atom stereocenters. The number of hydrogen-bond acceptors (Lipinski definition) is 4. The van der Waals surface area contributed by atoms with Crippen LogP contribution in [0.2, 0.25) is 0 Å². The number of carbonyl (C=O) groups is 2. The topological polar surface area (TPSA) is 61.7 Å². The predicted molar refractivity (Wildman–Crippen MR) is 103 cm³/mol. The Bertz CT molecular complexity index is 781. The van der Waals surface area contributed by atoms with Crippen LogP contribution in [0.5, 0.6) is 0 Å². The van der Waals surface area contributed by atoms with Crippen molar-refractivity contribution in [2.75, 3.05) is 33.2 Å². The van der Waals surface area contributed by atoms with E-state index in [2.05, 4.69) is 5.10 Å². The number of piperazine rings is 1. The van der Waals surface area contributed by atoms with Crippen LogP contribution in [0.4, 0.5) is 0 Å². The van der Waals surface area contributed by atoms with Gasteiger partial charge in [0.2, 0.25) is 11.8 Å².